The summed E-state index contributed by atoms with van der Waals surface area (Å²) < 4.78 is 45.5. The van der Waals surface area contributed by atoms with E-state index in [0.717, 1.165) is 12.1 Å². The molecule has 1 aliphatic heterocycles. The van der Waals surface area contributed by atoms with Gasteiger partial charge in [-0.05, 0) is 38.1 Å². The minimum atomic E-state index is -4.46. The molecule has 11 heteroatoms. The number of carbonyl (C=O) groups is 2. The van der Waals surface area contributed by atoms with E-state index in [2.05, 4.69) is 10.1 Å². The molecule has 180 valence electrons. The number of Topliss-reactive ketones (excluding diaryl/α,β-unsaturated/α-hetero) is 1. The Morgan fingerprint density at radius 1 is 1.18 bits per heavy atom. The molecule has 1 amide bonds. The van der Waals surface area contributed by atoms with E-state index < -0.39 is 17.6 Å². The van der Waals surface area contributed by atoms with Gasteiger partial charge < -0.3 is 9.64 Å². The molecule has 1 aromatic carbocycles. The van der Waals surface area contributed by atoms with Crippen LogP contribution in [0.1, 0.15) is 50.5 Å². The molecule has 0 radical (unpaired) electrons. The van der Waals surface area contributed by atoms with Crippen molar-refractivity contribution in [3.8, 4) is 5.75 Å². The second kappa shape index (κ2) is 9.49. The summed E-state index contributed by atoms with van der Waals surface area (Å²) in [5.74, 6) is -0.188. The number of benzene rings is 1. The van der Waals surface area contributed by atoms with Gasteiger partial charge in [0.2, 0.25) is 0 Å². The summed E-state index contributed by atoms with van der Waals surface area (Å²) in [5, 5.41) is 4.29. The number of rotatable bonds is 5. The summed E-state index contributed by atoms with van der Waals surface area (Å²) in [6.45, 7) is 3.84. The van der Waals surface area contributed by atoms with Gasteiger partial charge in [-0.15, -0.1) is 0 Å². The third-order valence-corrected chi connectivity index (χ3v) is 5.73. The quantitative estimate of drug-likeness (QED) is 0.495. The van der Waals surface area contributed by atoms with E-state index in [1.165, 1.54) is 42.7 Å². The summed E-state index contributed by atoms with van der Waals surface area (Å²) in [4.78, 5) is 31.8. The zero-order valence-corrected chi connectivity index (χ0v) is 19.7. The third kappa shape index (κ3) is 4.52. The summed E-state index contributed by atoms with van der Waals surface area (Å²) >= 11 is 0. The van der Waals surface area contributed by atoms with Gasteiger partial charge in [0.15, 0.2) is 5.78 Å². The monoisotopic (exact) mass is 492 g/mol. The lowest BCUT2D eigenvalue weighted by atomic mass is 9.99. The van der Waals surface area contributed by atoms with Crippen molar-refractivity contribution >= 4 is 30.9 Å². The molecule has 1 atom stereocenters. The van der Waals surface area contributed by atoms with Crippen molar-refractivity contribution in [1.82, 2.24) is 14.8 Å². The number of carbonyl (C=O) groups excluding carboxylic acids is 2. The van der Waals surface area contributed by atoms with E-state index in [-0.39, 0.29) is 44.0 Å². The van der Waals surface area contributed by atoms with Crippen LogP contribution in [0.4, 0.5) is 18.9 Å². The first kappa shape index (κ1) is 25.3. The summed E-state index contributed by atoms with van der Waals surface area (Å²) in [6.07, 6.45) is -0.0850. The van der Waals surface area contributed by atoms with Crippen LogP contribution in [0.2, 0.25) is 0 Å². The van der Waals surface area contributed by atoms with Crippen LogP contribution < -0.4 is 9.64 Å². The Kier molecular flexibility index (Phi) is 7.06. The molecule has 7 nitrogen and oxygen atoms in total. The fourth-order valence-corrected chi connectivity index (χ4v) is 3.96. The van der Waals surface area contributed by atoms with E-state index in [0.29, 0.717) is 28.1 Å². The lowest BCUT2D eigenvalue weighted by Gasteiger charge is -2.32. The Labute approximate surface area is 201 Å². The minimum absolute atomic E-state index is 0. The molecular formula is C23H23F3N4O3S. The van der Waals surface area contributed by atoms with Crippen molar-refractivity contribution in [2.45, 2.75) is 32.5 Å². The number of hydrogen-bond acceptors (Lipinski definition) is 5. The fourth-order valence-electron chi connectivity index (χ4n) is 3.96. The second-order valence-corrected chi connectivity index (χ2v) is 7.89. The first-order chi connectivity index (χ1) is 15.6. The summed E-state index contributed by atoms with van der Waals surface area (Å²) in [5.41, 5.74) is 1.26. The highest BCUT2D eigenvalue weighted by molar-refractivity contribution is 7.59. The minimum Gasteiger partial charge on any atom is -0.495 e. The van der Waals surface area contributed by atoms with Crippen LogP contribution in [-0.4, -0.2) is 40.1 Å². The van der Waals surface area contributed by atoms with E-state index in [4.69, 9.17) is 4.74 Å². The lowest BCUT2D eigenvalue weighted by Crippen LogP contribution is -2.43. The highest BCUT2D eigenvalue weighted by atomic mass is 32.1. The Morgan fingerprint density at radius 3 is 2.47 bits per heavy atom. The van der Waals surface area contributed by atoms with Crippen LogP contribution in [0.5, 0.6) is 5.75 Å². The average molecular weight is 493 g/mol. The number of ether oxygens (including phenoxy) is 1. The molecule has 4 rings (SSSR count). The zero-order chi connectivity index (χ0) is 23.9. The number of nitrogens with zero attached hydrogens (tertiary/aromatic N) is 4. The molecule has 0 N–H and O–H groups in total. The average Bonchev–Trinajstić information content (AvgIpc) is 3.20. The smallest absolute Gasteiger partial charge is 0.416 e. The van der Waals surface area contributed by atoms with Crippen molar-refractivity contribution in [1.29, 1.82) is 0 Å². The number of methoxy groups -OCH3 is 1. The molecule has 0 fully saturated rings. The molecule has 0 saturated carbocycles. The molecule has 0 unspecified atom stereocenters. The van der Waals surface area contributed by atoms with Crippen molar-refractivity contribution < 1.29 is 27.5 Å². The number of hydrogen-bond donors (Lipinski definition) is 0. The van der Waals surface area contributed by atoms with Gasteiger partial charge in [-0.1, -0.05) is 0 Å². The largest absolute Gasteiger partial charge is 0.495 e. The number of halogens is 3. The molecule has 2 aromatic heterocycles. The Morgan fingerprint density at radius 2 is 1.85 bits per heavy atom. The predicted molar refractivity (Wildman–Crippen MR) is 124 cm³/mol. The number of ketones is 1. The fraction of sp³-hybridized carbons (Fsp3) is 0.304. The highest BCUT2D eigenvalue weighted by Crippen LogP contribution is 2.33. The van der Waals surface area contributed by atoms with Crippen molar-refractivity contribution in [3.05, 3.63) is 70.8 Å². The van der Waals surface area contributed by atoms with E-state index in [1.807, 2.05) is 6.92 Å². The summed E-state index contributed by atoms with van der Waals surface area (Å²) in [6, 6.07) is 4.21. The molecule has 1 aliphatic rings. The molecule has 34 heavy (non-hydrogen) atoms. The van der Waals surface area contributed by atoms with Gasteiger partial charge in [0.05, 0.1) is 31.1 Å². The maximum Gasteiger partial charge on any atom is 0.416 e. The van der Waals surface area contributed by atoms with E-state index >= 15 is 0 Å². The molecule has 0 aliphatic carbocycles. The Balaban J connectivity index is 0.00000324. The molecule has 3 heterocycles. The van der Waals surface area contributed by atoms with Crippen LogP contribution in [0.3, 0.4) is 0 Å². The lowest BCUT2D eigenvalue weighted by molar-refractivity contribution is -0.137. The highest BCUT2D eigenvalue weighted by Gasteiger charge is 2.35. The SMILES string of the molecule is COc1cncc(C(=O)Cc2cnn3c2C(=O)N(c2ccc(C(F)(F)F)cc2)C[C@@H]3C)c1C.S. The van der Waals surface area contributed by atoms with Crippen molar-refractivity contribution in [3.63, 3.8) is 0 Å². The van der Waals surface area contributed by atoms with Gasteiger partial charge in [-0.25, -0.2) is 0 Å². The number of aromatic nitrogens is 3. The van der Waals surface area contributed by atoms with Gasteiger partial charge in [0.1, 0.15) is 11.4 Å². The molecule has 3 aromatic rings. The normalized spacial score (nSPS) is 15.5. The Hall–Kier alpha value is -3.34. The number of fused-ring (bicyclic) bond motifs is 1. The van der Waals surface area contributed by atoms with Gasteiger partial charge in [0, 0.05) is 41.5 Å². The first-order valence-electron chi connectivity index (χ1n) is 10.2. The second-order valence-electron chi connectivity index (χ2n) is 7.89. The molecule has 0 saturated heterocycles. The maximum atomic E-state index is 13.3. The first-order valence-corrected chi connectivity index (χ1v) is 10.2. The van der Waals surface area contributed by atoms with Crippen molar-refractivity contribution in [2.75, 3.05) is 18.6 Å². The molecule has 0 bridgehead atoms. The van der Waals surface area contributed by atoms with Crippen molar-refractivity contribution in [2.24, 2.45) is 0 Å². The number of anilines is 1. The summed E-state index contributed by atoms with van der Waals surface area (Å²) in [7, 11) is 1.49. The number of alkyl halides is 3. The van der Waals surface area contributed by atoms with Crippen LogP contribution in [0.25, 0.3) is 0 Å². The topological polar surface area (TPSA) is 77.3 Å². The number of amides is 1. The van der Waals surface area contributed by atoms with Crippen LogP contribution in [-0.2, 0) is 12.6 Å². The van der Waals surface area contributed by atoms with Crippen LogP contribution >= 0.6 is 13.5 Å². The van der Waals surface area contributed by atoms with Crippen LogP contribution in [0, 0.1) is 6.92 Å². The van der Waals surface area contributed by atoms with Gasteiger partial charge in [-0.3, -0.25) is 19.3 Å². The zero-order valence-electron chi connectivity index (χ0n) is 18.7. The van der Waals surface area contributed by atoms with Gasteiger partial charge >= 0.3 is 6.18 Å². The molecule has 0 spiro atoms. The predicted octanol–water partition coefficient (Wildman–Crippen LogP) is 4.37. The number of pyridine rings is 1. The van der Waals surface area contributed by atoms with Gasteiger partial charge in [-0.2, -0.15) is 31.8 Å². The molecular weight excluding hydrogens is 469 g/mol. The van der Waals surface area contributed by atoms with E-state index in [9.17, 15) is 22.8 Å². The standard InChI is InChI=1S/C23H21F3N4O3.H2S/c1-13-12-29(17-6-4-16(5-7-17)23(24,25)26)22(32)21-15(9-28-30(13)21)8-19(31)18-10-27-11-20(33-3)14(18)2;/h4-7,9-11,13H,8,12H2,1-3H3;1H2/t13-;/m0./s1. The van der Waals surface area contributed by atoms with E-state index in [1.54, 1.807) is 11.6 Å². The van der Waals surface area contributed by atoms with Gasteiger partial charge in [0.25, 0.3) is 5.91 Å². The maximum absolute atomic E-state index is 13.3. The van der Waals surface area contributed by atoms with Crippen LogP contribution in [0.15, 0.2) is 42.9 Å². The third-order valence-electron chi connectivity index (χ3n) is 5.73. The Bertz CT molecular complexity index is 1230.